The molecule has 2 aromatic rings. The van der Waals surface area contributed by atoms with Crippen molar-refractivity contribution in [2.45, 2.75) is 37.9 Å². The molecule has 0 saturated heterocycles. The van der Waals surface area contributed by atoms with Gasteiger partial charge in [-0.3, -0.25) is 0 Å². The van der Waals surface area contributed by atoms with Crippen molar-refractivity contribution in [3.8, 4) is 0 Å². The van der Waals surface area contributed by atoms with E-state index in [2.05, 4.69) is 9.71 Å². The Labute approximate surface area is 122 Å². The fraction of sp³-hybridized carbons (Fsp3) is 0.417. The molecule has 0 bridgehead atoms. The molecular formula is C12H18N4O2S2. The zero-order chi connectivity index (χ0) is 14.8. The molecule has 0 aromatic carbocycles. The Morgan fingerprint density at radius 3 is 2.75 bits per heavy atom. The van der Waals surface area contributed by atoms with Crippen LogP contribution in [0.15, 0.2) is 28.0 Å². The van der Waals surface area contributed by atoms with Crippen LogP contribution in [0.4, 0.5) is 0 Å². The number of sulfonamides is 1. The third-order valence-corrected chi connectivity index (χ3v) is 4.91. The van der Waals surface area contributed by atoms with E-state index in [0.29, 0.717) is 12.2 Å². The third-order valence-electron chi connectivity index (χ3n) is 2.91. The Balaban J connectivity index is 2.21. The molecule has 20 heavy (non-hydrogen) atoms. The van der Waals surface area contributed by atoms with Gasteiger partial charge < -0.3 is 10.3 Å². The van der Waals surface area contributed by atoms with Crippen molar-refractivity contribution in [2.75, 3.05) is 0 Å². The van der Waals surface area contributed by atoms with Crippen LogP contribution < -0.4 is 10.5 Å². The number of nitrogens with one attached hydrogen (secondary N) is 1. The van der Waals surface area contributed by atoms with E-state index in [-0.39, 0.29) is 17.5 Å². The fourth-order valence-electron chi connectivity index (χ4n) is 1.87. The molecule has 0 unspecified atom stereocenters. The van der Waals surface area contributed by atoms with Crippen molar-refractivity contribution >= 4 is 21.4 Å². The topological polar surface area (TPSA) is 90.0 Å². The van der Waals surface area contributed by atoms with Gasteiger partial charge in [-0.15, -0.1) is 11.3 Å². The number of nitrogens with two attached hydrogens (primary N) is 1. The Hall–Kier alpha value is -1.22. The number of thiazole rings is 1. The smallest absolute Gasteiger partial charge is 0.242 e. The first kappa shape index (κ1) is 15.2. The maximum absolute atomic E-state index is 12.2. The molecule has 3 N–H and O–H groups in total. The van der Waals surface area contributed by atoms with Crippen LogP contribution in [-0.2, 0) is 23.1 Å². The second kappa shape index (κ2) is 6.04. The predicted octanol–water partition coefficient (Wildman–Crippen LogP) is 1.46. The van der Waals surface area contributed by atoms with Gasteiger partial charge in [0, 0.05) is 29.9 Å². The van der Waals surface area contributed by atoms with E-state index in [4.69, 9.17) is 5.73 Å². The number of aromatic nitrogens is 2. The van der Waals surface area contributed by atoms with Gasteiger partial charge in [0.1, 0.15) is 0 Å². The lowest BCUT2D eigenvalue weighted by molar-refractivity contribution is 0.569. The molecule has 0 aliphatic rings. The van der Waals surface area contributed by atoms with Crippen LogP contribution >= 0.6 is 11.3 Å². The van der Waals surface area contributed by atoms with Gasteiger partial charge in [0.25, 0.3) is 0 Å². The second-order valence-corrected chi connectivity index (χ2v) is 7.16. The highest BCUT2D eigenvalue weighted by atomic mass is 32.2. The van der Waals surface area contributed by atoms with Gasteiger partial charge in [-0.25, -0.2) is 18.1 Å². The molecule has 2 aromatic heterocycles. The molecule has 0 aliphatic heterocycles. The molecule has 6 nitrogen and oxygen atoms in total. The summed E-state index contributed by atoms with van der Waals surface area (Å²) >= 11 is 1.43. The monoisotopic (exact) mass is 314 g/mol. The molecule has 0 amide bonds. The predicted molar refractivity (Wildman–Crippen MR) is 78.8 cm³/mol. The summed E-state index contributed by atoms with van der Waals surface area (Å²) in [6.45, 7) is 4.47. The summed E-state index contributed by atoms with van der Waals surface area (Å²) in [5, 5.41) is 1.81. The lowest BCUT2D eigenvalue weighted by Gasteiger charge is -2.10. The number of hydrogen-bond acceptors (Lipinski definition) is 5. The molecular weight excluding hydrogens is 296 g/mol. The molecule has 0 fully saturated rings. The molecule has 110 valence electrons. The minimum absolute atomic E-state index is 0.163. The molecule has 0 radical (unpaired) electrons. The molecule has 8 heteroatoms. The van der Waals surface area contributed by atoms with Crippen molar-refractivity contribution in [3.05, 3.63) is 34.5 Å². The van der Waals surface area contributed by atoms with Gasteiger partial charge in [0.2, 0.25) is 10.0 Å². The van der Waals surface area contributed by atoms with Crippen molar-refractivity contribution in [3.63, 3.8) is 0 Å². The highest BCUT2D eigenvalue weighted by Crippen LogP contribution is 2.18. The summed E-state index contributed by atoms with van der Waals surface area (Å²) in [5.41, 5.74) is 8.83. The third kappa shape index (κ3) is 3.26. The molecule has 0 spiro atoms. The summed E-state index contributed by atoms with van der Waals surface area (Å²) in [5.74, 6) is 0. The number of rotatable bonds is 6. The van der Waals surface area contributed by atoms with E-state index in [0.717, 1.165) is 5.69 Å². The van der Waals surface area contributed by atoms with Gasteiger partial charge in [-0.05, 0) is 19.9 Å². The fourth-order valence-corrected chi connectivity index (χ4v) is 3.47. The molecule has 0 saturated carbocycles. The minimum atomic E-state index is -3.54. The standard InChI is InChI=1S/C12H18N4O2S2/c1-9(2)16-6-12(3-11(16)4-13)20(17,18)15-5-10-7-19-8-14-10/h3,6-9,15H,4-5,13H2,1-2H3. The zero-order valence-corrected chi connectivity index (χ0v) is 13.0. The molecule has 2 rings (SSSR count). The minimum Gasteiger partial charge on any atom is -0.346 e. The van der Waals surface area contributed by atoms with Crippen molar-refractivity contribution in [2.24, 2.45) is 5.73 Å². The first-order valence-corrected chi connectivity index (χ1v) is 8.64. The second-order valence-electron chi connectivity index (χ2n) is 4.68. The van der Waals surface area contributed by atoms with Crippen LogP contribution in [0.25, 0.3) is 0 Å². The van der Waals surface area contributed by atoms with Crippen LogP contribution in [-0.4, -0.2) is 18.0 Å². The largest absolute Gasteiger partial charge is 0.346 e. The Bertz CT molecular complexity index is 660. The van der Waals surface area contributed by atoms with E-state index in [1.807, 2.05) is 23.8 Å². The van der Waals surface area contributed by atoms with Crippen molar-refractivity contribution in [1.29, 1.82) is 0 Å². The SMILES string of the molecule is CC(C)n1cc(S(=O)(=O)NCc2cscn2)cc1CN. The van der Waals surface area contributed by atoms with Crippen LogP contribution in [0, 0.1) is 0 Å². The van der Waals surface area contributed by atoms with Crippen LogP contribution in [0.1, 0.15) is 31.3 Å². The normalized spacial score (nSPS) is 12.2. The van der Waals surface area contributed by atoms with E-state index >= 15 is 0 Å². The van der Waals surface area contributed by atoms with Crippen LogP contribution in [0.2, 0.25) is 0 Å². The lowest BCUT2D eigenvalue weighted by atomic mass is 10.3. The summed E-state index contributed by atoms with van der Waals surface area (Å²) in [7, 11) is -3.54. The van der Waals surface area contributed by atoms with Crippen molar-refractivity contribution < 1.29 is 8.42 Å². The van der Waals surface area contributed by atoms with Gasteiger partial charge in [-0.1, -0.05) is 0 Å². The van der Waals surface area contributed by atoms with E-state index in [9.17, 15) is 8.42 Å². The number of hydrogen-bond donors (Lipinski definition) is 2. The van der Waals surface area contributed by atoms with Gasteiger partial charge in [0.15, 0.2) is 0 Å². The van der Waals surface area contributed by atoms with Gasteiger partial charge in [0.05, 0.1) is 22.6 Å². The quantitative estimate of drug-likeness (QED) is 0.844. The highest BCUT2D eigenvalue weighted by molar-refractivity contribution is 7.89. The van der Waals surface area contributed by atoms with Gasteiger partial charge in [-0.2, -0.15) is 0 Å². The van der Waals surface area contributed by atoms with Crippen molar-refractivity contribution in [1.82, 2.24) is 14.3 Å². The first-order chi connectivity index (χ1) is 9.44. The lowest BCUT2D eigenvalue weighted by Crippen LogP contribution is -2.23. The Morgan fingerprint density at radius 1 is 1.50 bits per heavy atom. The van der Waals surface area contributed by atoms with Gasteiger partial charge >= 0.3 is 0 Å². The molecule has 0 aliphatic carbocycles. The summed E-state index contributed by atoms with van der Waals surface area (Å²) in [4.78, 5) is 4.28. The Kier molecular flexibility index (Phi) is 4.59. The van der Waals surface area contributed by atoms with Crippen LogP contribution in [0.3, 0.4) is 0 Å². The molecule has 2 heterocycles. The van der Waals surface area contributed by atoms with E-state index < -0.39 is 10.0 Å². The first-order valence-electron chi connectivity index (χ1n) is 6.21. The Morgan fingerprint density at radius 2 is 2.25 bits per heavy atom. The maximum Gasteiger partial charge on any atom is 0.242 e. The average molecular weight is 314 g/mol. The summed E-state index contributed by atoms with van der Waals surface area (Å²) < 4.78 is 28.9. The average Bonchev–Trinajstić information content (AvgIpc) is 3.05. The summed E-state index contributed by atoms with van der Waals surface area (Å²) in [6, 6.07) is 1.78. The highest BCUT2D eigenvalue weighted by Gasteiger charge is 2.19. The number of nitrogens with zero attached hydrogens (tertiary/aromatic N) is 2. The zero-order valence-electron chi connectivity index (χ0n) is 11.4. The van der Waals surface area contributed by atoms with E-state index in [1.165, 1.54) is 11.3 Å². The maximum atomic E-state index is 12.2. The van der Waals surface area contributed by atoms with E-state index in [1.54, 1.807) is 17.8 Å². The molecule has 0 atom stereocenters. The summed E-state index contributed by atoms with van der Waals surface area (Å²) in [6.07, 6.45) is 1.62. The van der Waals surface area contributed by atoms with Crippen LogP contribution in [0.5, 0.6) is 0 Å².